The lowest BCUT2D eigenvalue weighted by atomic mass is 10.0. The number of ether oxygens (including phenoxy) is 1. The number of nitrogens with one attached hydrogen (secondary N) is 1. The number of aromatic nitrogens is 3. The summed E-state index contributed by atoms with van der Waals surface area (Å²) in [6.07, 6.45) is 3.17. The van der Waals surface area contributed by atoms with Crippen LogP contribution in [-0.2, 0) is 0 Å². The largest absolute Gasteiger partial charge is 0.448 e. The van der Waals surface area contributed by atoms with E-state index >= 15 is 0 Å². The smallest absolute Gasteiger partial charge is 0.247 e. The molecule has 0 fully saturated rings. The van der Waals surface area contributed by atoms with Gasteiger partial charge < -0.3 is 10.1 Å². The molecule has 6 heteroatoms. The van der Waals surface area contributed by atoms with Crippen LogP contribution < -0.4 is 10.1 Å². The summed E-state index contributed by atoms with van der Waals surface area (Å²) in [5.74, 6) is 1.50. The maximum Gasteiger partial charge on any atom is 0.247 e. The van der Waals surface area contributed by atoms with Crippen molar-refractivity contribution in [2.45, 2.75) is 37.6 Å². The Labute approximate surface area is 186 Å². The quantitative estimate of drug-likeness (QED) is 0.280. The van der Waals surface area contributed by atoms with Gasteiger partial charge in [0.1, 0.15) is 0 Å². The number of hydrogen-bond acceptors (Lipinski definition) is 6. The SMILES string of the molecule is CCCCCSc1nnc2c(n1)O[C@H](c1cccc3ccccc13)Nc1ccccc1-2. The number of unbranched alkanes of at least 4 members (excludes halogenated alkanes) is 2. The number of hydrogen-bond donors (Lipinski definition) is 1. The number of benzene rings is 3. The minimum Gasteiger partial charge on any atom is -0.448 e. The Hall–Kier alpha value is -3.12. The molecule has 0 bridgehead atoms. The molecule has 5 nitrogen and oxygen atoms in total. The highest BCUT2D eigenvalue weighted by Gasteiger charge is 2.26. The van der Waals surface area contributed by atoms with Crippen molar-refractivity contribution in [3.63, 3.8) is 0 Å². The molecule has 1 N–H and O–H groups in total. The predicted molar refractivity (Wildman–Crippen MR) is 126 cm³/mol. The van der Waals surface area contributed by atoms with Crippen molar-refractivity contribution in [3.8, 4) is 17.1 Å². The van der Waals surface area contributed by atoms with E-state index in [2.05, 4.69) is 64.9 Å². The number of anilines is 1. The van der Waals surface area contributed by atoms with Gasteiger partial charge >= 0.3 is 0 Å². The second-order valence-electron chi connectivity index (χ2n) is 7.56. The molecular weight excluding hydrogens is 404 g/mol. The van der Waals surface area contributed by atoms with Gasteiger partial charge in [-0.3, -0.25) is 0 Å². The molecule has 5 rings (SSSR count). The summed E-state index contributed by atoms with van der Waals surface area (Å²) >= 11 is 1.64. The molecule has 0 aliphatic carbocycles. The molecule has 1 aliphatic heterocycles. The number of nitrogens with zero attached hydrogens (tertiary/aromatic N) is 3. The van der Waals surface area contributed by atoms with E-state index in [1.54, 1.807) is 11.8 Å². The van der Waals surface area contributed by atoms with E-state index in [0.29, 0.717) is 16.7 Å². The van der Waals surface area contributed by atoms with Gasteiger partial charge in [-0.1, -0.05) is 92.2 Å². The van der Waals surface area contributed by atoms with E-state index in [-0.39, 0.29) is 6.23 Å². The van der Waals surface area contributed by atoms with E-state index in [1.807, 2.05) is 24.3 Å². The minimum absolute atomic E-state index is 0.386. The van der Waals surface area contributed by atoms with Gasteiger partial charge in [0.25, 0.3) is 0 Å². The Bertz CT molecular complexity index is 1210. The summed E-state index contributed by atoms with van der Waals surface area (Å²) in [7, 11) is 0. The van der Waals surface area contributed by atoms with E-state index in [1.165, 1.54) is 18.2 Å². The van der Waals surface area contributed by atoms with Gasteiger partial charge in [0.05, 0.1) is 0 Å². The average Bonchev–Trinajstić information content (AvgIpc) is 2.98. The molecule has 3 aromatic carbocycles. The van der Waals surface area contributed by atoms with Gasteiger partial charge in [0, 0.05) is 22.6 Å². The van der Waals surface area contributed by atoms with Crippen LogP contribution in [0.1, 0.15) is 38.0 Å². The van der Waals surface area contributed by atoms with Crippen LogP contribution in [0.5, 0.6) is 5.88 Å². The zero-order valence-corrected chi connectivity index (χ0v) is 18.2. The molecule has 0 spiro atoms. The van der Waals surface area contributed by atoms with Gasteiger partial charge in [-0.15, -0.1) is 10.2 Å². The van der Waals surface area contributed by atoms with Gasteiger partial charge in [-0.25, -0.2) is 0 Å². The summed E-state index contributed by atoms with van der Waals surface area (Å²) < 4.78 is 6.46. The van der Waals surface area contributed by atoms with Gasteiger partial charge in [-0.05, 0) is 23.3 Å². The molecule has 0 unspecified atom stereocenters. The second-order valence-corrected chi connectivity index (χ2v) is 8.62. The summed E-state index contributed by atoms with van der Waals surface area (Å²) in [6.45, 7) is 2.21. The topological polar surface area (TPSA) is 59.9 Å². The highest BCUT2D eigenvalue weighted by Crippen LogP contribution is 2.40. The molecule has 0 saturated carbocycles. The van der Waals surface area contributed by atoms with Gasteiger partial charge in [0.2, 0.25) is 11.0 Å². The lowest BCUT2D eigenvalue weighted by Gasteiger charge is -2.21. The summed E-state index contributed by atoms with van der Waals surface area (Å²) in [5, 5.41) is 15.4. The summed E-state index contributed by atoms with van der Waals surface area (Å²) in [5.41, 5.74) is 3.64. The van der Waals surface area contributed by atoms with Gasteiger partial charge in [-0.2, -0.15) is 4.98 Å². The molecule has 0 saturated heterocycles. The van der Waals surface area contributed by atoms with E-state index in [9.17, 15) is 0 Å². The molecule has 2 heterocycles. The third kappa shape index (κ3) is 4.08. The van der Waals surface area contributed by atoms with Crippen molar-refractivity contribution in [1.29, 1.82) is 0 Å². The fraction of sp³-hybridized carbons (Fsp3) is 0.240. The molecule has 1 atom stereocenters. The van der Waals surface area contributed by atoms with Crippen LogP contribution in [0.4, 0.5) is 5.69 Å². The van der Waals surface area contributed by atoms with Crippen molar-refractivity contribution in [2.75, 3.05) is 11.1 Å². The fourth-order valence-electron chi connectivity index (χ4n) is 3.84. The summed E-state index contributed by atoms with van der Waals surface area (Å²) in [4.78, 5) is 4.75. The molecule has 4 aromatic rings. The maximum atomic E-state index is 6.46. The van der Waals surface area contributed by atoms with E-state index in [0.717, 1.165) is 34.4 Å². The number of fused-ring (bicyclic) bond motifs is 4. The predicted octanol–water partition coefficient (Wildman–Crippen LogP) is 6.48. The number of rotatable bonds is 6. The second kappa shape index (κ2) is 8.94. The van der Waals surface area contributed by atoms with E-state index < -0.39 is 0 Å². The normalized spacial score (nSPS) is 14.8. The lowest BCUT2D eigenvalue weighted by Crippen LogP contribution is -2.17. The molecule has 1 aromatic heterocycles. The Morgan fingerprint density at radius 2 is 1.77 bits per heavy atom. The van der Waals surface area contributed by atoms with Crippen molar-refractivity contribution in [1.82, 2.24) is 15.2 Å². The van der Waals surface area contributed by atoms with Crippen LogP contribution in [0.3, 0.4) is 0 Å². The third-order valence-corrected chi connectivity index (χ3v) is 6.34. The Morgan fingerprint density at radius 1 is 0.935 bits per heavy atom. The number of thioether (sulfide) groups is 1. The van der Waals surface area contributed by atoms with Crippen molar-refractivity contribution < 1.29 is 4.74 Å². The molecule has 0 radical (unpaired) electrons. The first-order valence-corrected chi connectivity index (χ1v) is 11.7. The van der Waals surface area contributed by atoms with Gasteiger partial charge in [0.15, 0.2) is 11.9 Å². The van der Waals surface area contributed by atoms with Crippen LogP contribution in [0.25, 0.3) is 22.0 Å². The van der Waals surface area contributed by atoms with Crippen LogP contribution in [0.15, 0.2) is 71.9 Å². The van der Waals surface area contributed by atoms with Crippen LogP contribution in [-0.4, -0.2) is 20.9 Å². The Balaban J connectivity index is 1.56. The minimum atomic E-state index is -0.386. The molecule has 156 valence electrons. The van der Waals surface area contributed by atoms with E-state index in [4.69, 9.17) is 9.72 Å². The highest BCUT2D eigenvalue weighted by molar-refractivity contribution is 7.99. The molecule has 0 amide bonds. The fourth-order valence-corrected chi connectivity index (χ4v) is 4.62. The Morgan fingerprint density at radius 3 is 2.71 bits per heavy atom. The summed E-state index contributed by atoms with van der Waals surface area (Å²) in [6, 6.07) is 22.7. The lowest BCUT2D eigenvalue weighted by molar-refractivity contribution is 0.226. The van der Waals surface area contributed by atoms with Crippen molar-refractivity contribution in [3.05, 3.63) is 72.3 Å². The molecule has 31 heavy (non-hydrogen) atoms. The monoisotopic (exact) mass is 428 g/mol. The maximum absolute atomic E-state index is 6.46. The Kier molecular flexibility index (Phi) is 5.71. The van der Waals surface area contributed by atoms with Crippen LogP contribution in [0, 0.1) is 0 Å². The molecule has 1 aliphatic rings. The van der Waals surface area contributed by atoms with Crippen molar-refractivity contribution >= 4 is 28.2 Å². The third-order valence-electron chi connectivity index (χ3n) is 5.42. The zero-order chi connectivity index (χ0) is 21.0. The number of para-hydroxylation sites is 1. The molecular formula is C25H24N4OS. The standard InChI is InChI=1S/C25H24N4OS/c1-2-3-8-16-31-25-27-24-22(28-29-25)20-13-6-7-15-21(20)26-23(30-24)19-14-9-11-17-10-4-5-12-18(17)19/h4-7,9-15,23,26H,2-3,8,16H2,1H3/t23-/m1/s1. The first-order valence-electron chi connectivity index (χ1n) is 10.7. The highest BCUT2D eigenvalue weighted by atomic mass is 32.2. The first-order chi connectivity index (χ1) is 15.3. The first kappa shape index (κ1) is 19.8. The zero-order valence-electron chi connectivity index (χ0n) is 17.4. The average molecular weight is 429 g/mol. The van der Waals surface area contributed by atoms with Crippen LogP contribution in [0.2, 0.25) is 0 Å². The van der Waals surface area contributed by atoms with Crippen LogP contribution >= 0.6 is 11.8 Å². The van der Waals surface area contributed by atoms with Crippen molar-refractivity contribution in [2.24, 2.45) is 0 Å².